The Morgan fingerprint density at radius 1 is 1.14 bits per heavy atom. The van der Waals surface area contributed by atoms with Gasteiger partial charge in [0.2, 0.25) is 5.78 Å². The molecule has 146 valence electrons. The van der Waals surface area contributed by atoms with Crippen LogP contribution in [-0.4, -0.2) is 37.0 Å². The van der Waals surface area contributed by atoms with E-state index in [1.807, 2.05) is 0 Å². The number of hydrogen-bond acceptors (Lipinski definition) is 6. The molecule has 1 aromatic carbocycles. The van der Waals surface area contributed by atoms with Gasteiger partial charge in [0, 0.05) is 24.7 Å². The molecule has 0 bridgehead atoms. The molecule has 0 unspecified atom stereocenters. The largest absolute Gasteiger partial charge is 0.456 e. The minimum atomic E-state index is -0.756. The maximum absolute atomic E-state index is 12.3. The first-order valence-electron chi connectivity index (χ1n) is 7.95. The molecule has 0 N–H and O–H groups in total. The lowest BCUT2D eigenvalue weighted by Crippen LogP contribution is -2.37. The average Bonchev–Trinajstić information content (AvgIpc) is 3.06. The van der Waals surface area contributed by atoms with E-state index in [0.29, 0.717) is 5.02 Å². The van der Waals surface area contributed by atoms with Crippen LogP contribution in [0.1, 0.15) is 10.4 Å². The number of rotatable bonds is 5. The van der Waals surface area contributed by atoms with Crippen LogP contribution in [0.3, 0.4) is 0 Å². The van der Waals surface area contributed by atoms with Gasteiger partial charge in [-0.2, -0.15) is 0 Å². The summed E-state index contributed by atoms with van der Waals surface area (Å²) in [4.78, 5) is 52.6. The standard InChI is InChI=1S/C17H14Cl2N4O5/c1-21-15-14(16(26)22(2)17(21)27)23(8-20-15)6-13(25)28-7-12(24)10-4-3-9(18)5-11(10)19/h3-5,8H,6-7H2,1-2H3. The van der Waals surface area contributed by atoms with Crippen molar-refractivity contribution in [1.82, 2.24) is 18.7 Å². The number of carbonyl (C=O) groups is 2. The minimum Gasteiger partial charge on any atom is -0.456 e. The lowest BCUT2D eigenvalue weighted by molar-refractivity contribution is -0.143. The van der Waals surface area contributed by atoms with E-state index in [2.05, 4.69) is 4.98 Å². The average molecular weight is 425 g/mol. The van der Waals surface area contributed by atoms with E-state index in [4.69, 9.17) is 27.9 Å². The van der Waals surface area contributed by atoms with Crippen molar-refractivity contribution < 1.29 is 14.3 Å². The molecule has 3 rings (SSSR count). The Labute approximate surface area is 167 Å². The van der Waals surface area contributed by atoms with Gasteiger partial charge >= 0.3 is 11.7 Å². The molecular formula is C17H14Cl2N4O5. The molecule has 28 heavy (non-hydrogen) atoms. The van der Waals surface area contributed by atoms with E-state index < -0.39 is 29.6 Å². The van der Waals surface area contributed by atoms with E-state index in [0.717, 1.165) is 4.57 Å². The quantitative estimate of drug-likeness (QED) is 0.449. The van der Waals surface area contributed by atoms with Gasteiger partial charge in [0.1, 0.15) is 6.54 Å². The van der Waals surface area contributed by atoms with Crippen molar-refractivity contribution in [2.45, 2.75) is 6.54 Å². The molecule has 0 atom stereocenters. The first-order valence-corrected chi connectivity index (χ1v) is 8.71. The lowest BCUT2D eigenvalue weighted by Gasteiger charge is -2.08. The van der Waals surface area contributed by atoms with E-state index in [1.54, 1.807) is 0 Å². The minimum absolute atomic E-state index is 0.0774. The number of imidazole rings is 1. The van der Waals surface area contributed by atoms with Crippen LogP contribution < -0.4 is 11.2 Å². The van der Waals surface area contributed by atoms with E-state index in [9.17, 15) is 19.2 Å². The Balaban J connectivity index is 1.76. The fourth-order valence-corrected chi connectivity index (χ4v) is 3.15. The van der Waals surface area contributed by atoms with Gasteiger partial charge in [0.25, 0.3) is 5.56 Å². The Morgan fingerprint density at radius 2 is 1.86 bits per heavy atom. The third kappa shape index (κ3) is 3.58. The maximum atomic E-state index is 12.3. The number of ketones is 1. The Hall–Kier alpha value is -2.91. The predicted octanol–water partition coefficient (Wildman–Crippen LogP) is 1.17. The highest BCUT2D eigenvalue weighted by Gasteiger charge is 2.18. The third-order valence-electron chi connectivity index (χ3n) is 4.11. The van der Waals surface area contributed by atoms with Gasteiger partial charge in [-0.15, -0.1) is 0 Å². The Kier molecular flexibility index (Phi) is 5.39. The normalized spacial score (nSPS) is 11.0. The van der Waals surface area contributed by atoms with Crippen LogP contribution in [-0.2, 0) is 30.2 Å². The summed E-state index contributed by atoms with van der Waals surface area (Å²) in [5.74, 6) is -1.25. The molecule has 0 saturated heterocycles. The van der Waals surface area contributed by atoms with Gasteiger partial charge in [-0.05, 0) is 18.2 Å². The van der Waals surface area contributed by atoms with Crippen LogP contribution in [0.4, 0.5) is 0 Å². The highest BCUT2D eigenvalue weighted by atomic mass is 35.5. The molecule has 2 aromatic heterocycles. The lowest BCUT2D eigenvalue weighted by atomic mass is 10.1. The van der Waals surface area contributed by atoms with Crippen molar-refractivity contribution in [3.05, 3.63) is 61.0 Å². The number of esters is 1. The summed E-state index contributed by atoms with van der Waals surface area (Å²) in [7, 11) is 2.79. The van der Waals surface area contributed by atoms with Gasteiger partial charge < -0.3 is 9.30 Å². The summed E-state index contributed by atoms with van der Waals surface area (Å²) >= 11 is 11.7. The number of ether oxygens (including phenoxy) is 1. The van der Waals surface area contributed by atoms with Crippen LogP contribution in [0.2, 0.25) is 10.0 Å². The van der Waals surface area contributed by atoms with Crippen molar-refractivity contribution in [2.75, 3.05) is 6.61 Å². The number of carbonyl (C=O) groups excluding carboxylic acids is 2. The summed E-state index contributed by atoms with van der Waals surface area (Å²) in [5.41, 5.74) is -0.724. The zero-order valence-electron chi connectivity index (χ0n) is 14.8. The molecule has 0 fully saturated rings. The third-order valence-corrected chi connectivity index (χ3v) is 4.66. The van der Waals surface area contributed by atoms with Gasteiger partial charge in [-0.1, -0.05) is 23.2 Å². The molecule has 3 aromatic rings. The van der Waals surface area contributed by atoms with Crippen molar-refractivity contribution >= 4 is 46.1 Å². The number of aryl methyl sites for hydroxylation is 1. The second kappa shape index (κ2) is 7.61. The summed E-state index contributed by atoms with van der Waals surface area (Å²) in [6.45, 7) is -0.880. The first-order chi connectivity index (χ1) is 13.2. The highest BCUT2D eigenvalue weighted by molar-refractivity contribution is 6.36. The fourth-order valence-electron chi connectivity index (χ4n) is 2.64. The molecule has 0 aliphatic rings. The first kappa shape index (κ1) is 19.8. The van der Waals surface area contributed by atoms with Crippen LogP contribution in [0.5, 0.6) is 0 Å². The zero-order valence-corrected chi connectivity index (χ0v) is 16.3. The van der Waals surface area contributed by atoms with Gasteiger partial charge in [-0.3, -0.25) is 23.5 Å². The van der Waals surface area contributed by atoms with E-state index in [1.165, 1.54) is 47.8 Å². The summed E-state index contributed by atoms with van der Waals surface area (Å²) in [5, 5.41) is 0.528. The molecule has 0 spiro atoms. The number of Topliss-reactive ketones (excluding diaryl/α,β-unsaturated/α-hetero) is 1. The molecular weight excluding hydrogens is 411 g/mol. The number of fused-ring (bicyclic) bond motifs is 1. The molecule has 0 saturated carbocycles. The smallest absolute Gasteiger partial charge is 0.332 e. The fraction of sp³-hybridized carbons (Fsp3) is 0.235. The van der Waals surface area contributed by atoms with E-state index >= 15 is 0 Å². The molecule has 2 heterocycles. The highest BCUT2D eigenvalue weighted by Crippen LogP contribution is 2.21. The summed E-state index contributed by atoms with van der Waals surface area (Å²) in [6.07, 6.45) is 1.25. The van der Waals surface area contributed by atoms with Crippen molar-refractivity contribution in [3.8, 4) is 0 Å². The SMILES string of the molecule is Cn1c(=O)c2c(ncn2CC(=O)OCC(=O)c2ccc(Cl)cc2Cl)n(C)c1=O. The molecule has 11 heteroatoms. The predicted molar refractivity (Wildman–Crippen MR) is 102 cm³/mol. The molecule has 9 nitrogen and oxygen atoms in total. The number of aromatic nitrogens is 4. The zero-order chi connectivity index (χ0) is 20.6. The van der Waals surface area contributed by atoms with E-state index in [-0.39, 0.29) is 28.3 Å². The molecule has 0 aliphatic carbocycles. The van der Waals surface area contributed by atoms with Crippen LogP contribution in [0, 0.1) is 0 Å². The van der Waals surface area contributed by atoms with Gasteiger partial charge in [-0.25, -0.2) is 9.78 Å². The summed E-state index contributed by atoms with van der Waals surface area (Å²) < 4.78 is 8.36. The second-order valence-corrected chi connectivity index (χ2v) is 6.80. The Bertz CT molecular complexity index is 1220. The summed E-state index contributed by atoms with van der Waals surface area (Å²) in [6, 6.07) is 4.35. The van der Waals surface area contributed by atoms with Gasteiger partial charge in [0.05, 0.1) is 11.3 Å². The Morgan fingerprint density at radius 3 is 2.54 bits per heavy atom. The number of nitrogens with zero attached hydrogens (tertiary/aromatic N) is 4. The van der Waals surface area contributed by atoms with Crippen LogP contribution >= 0.6 is 23.2 Å². The molecule has 0 aliphatic heterocycles. The molecule has 0 radical (unpaired) electrons. The van der Waals surface area contributed by atoms with Crippen molar-refractivity contribution in [2.24, 2.45) is 14.1 Å². The number of halogens is 2. The van der Waals surface area contributed by atoms with Crippen LogP contribution in [0.25, 0.3) is 11.2 Å². The van der Waals surface area contributed by atoms with Gasteiger partial charge in [0.15, 0.2) is 17.8 Å². The maximum Gasteiger partial charge on any atom is 0.332 e. The monoisotopic (exact) mass is 424 g/mol. The van der Waals surface area contributed by atoms with Crippen molar-refractivity contribution in [3.63, 3.8) is 0 Å². The number of hydrogen-bond donors (Lipinski definition) is 0. The van der Waals surface area contributed by atoms with Crippen LogP contribution in [0.15, 0.2) is 34.1 Å². The van der Waals surface area contributed by atoms with Crippen molar-refractivity contribution in [1.29, 1.82) is 0 Å². The second-order valence-electron chi connectivity index (χ2n) is 5.96. The molecule has 0 amide bonds. The topological polar surface area (TPSA) is 105 Å². The number of benzene rings is 1.